The monoisotopic (exact) mass is 414 g/mol. The fraction of sp³-hybridized carbons (Fsp3) is 0.200. The number of nitrogens with zero attached hydrogens (tertiary/aromatic N) is 1. The molecule has 0 saturated heterocycles. The van der Waals surface area contributed by atoms with Crippen LogP contribution >= 0.6 is 15.9 Å². The number of aliphatic carboxylic acids is 1. The van der Waals surface area contributed by atoms with Crippen LogP contribution in [0, 0.1) is 0 Å². The van der Waals surface area contributed by atoms with Gasteiger partial charge in [-0.05, 0) is 29.1 Å². The van der Waals surface area contributed by atoms with Crippen molar-refractivity contribution in [2.75, 3.05) is 0 Å². The first-order valence-corrected chi connectivity index (χ1v) is 9.13. The number of aromatic nitrogens is 1. The van der Waals surface area contributed by atoms with Crippen LogP contribution in [0.3, 0.4) is 0 Å². The van der Waals surface area contributed by atoms with E-state index >= 15 is 0 Å². The van der Waals surface area contributed by atoms with Crippen molar-refractivity contribution < 1.29 is 14.7 Å². The average molecular weight is 415 g/mol. The van der Waals surface area contributed by atoms with E-state index in [4.69, 9.17) is 0 Å². The fourth-order valence-corrected chi connectivity index (χ4v) is 3.24. The number of carbonyl (C=O) groups is 2. The molecule has 2 N–H and O–H groups in total. The van der Waals surface area contributed by atoms with Gasteiger partial charge in [0.15, 0.2) is 0 Å². The number of hydrogen-bond acceptors (Lipinski definition) is 2. The first-order chi connectivity index (χ1) is 12.5. The molecule has 0 aliphatic rings. The van der Waals surface area contributed by atoms with Crippen molar-refractivity contribution in [2.24, 2.45) is 0 Å². The Balaban J connectivity index is 1.61. The standard InChI is InChI=1S/C20H19BrN2O3/c21-16-7-6-15-8-10-23(18(15)13-16)11-9-19(24)22-17(20(25)26)12-14-4-2-1-3-5-14/h1-8,10,13,17H,9,11-12H2,(H,22,24)(H,25,26)/t17-/m0/s1. The molecule has 26 heavy (non-hydrogen) atoms. The summed E-state index contributed by atoms with van der Waals surface area (Å²) < 4.78 is 2.97. The first kappa shape index (κ1) is 18.2. The molecule has 3 aromatic rings. The maximum absolute atomic E-state index is 12.2. The predicted molar refractivity (Wildman–Crippen MR) is 104 cm³/mol. The number of carboxylic acid groups (broad SMARTS) is 1. The Morgan fingerprint density at radius 2 is 1.88 bits per heavy atom. The van der Waals surface area contributed by atoms with Gasteiger partial charge in [0.25, 0.3) is 0 Å². The fourth-order valence-electron chi connectivity index (χ4n) is 2.89. The van der Waals surface area contributed by atoms with Crippen LogP contribution in [0.15, 0.2) is 65.3 Å². The highest BCUT2D eigenvalue weighted by Crippen LogP contribution is 2.21. The van der Waals surface area contributed by atoms with Crippen molar-refractivity contribution >= 4 is 38.7 Å². The lowest BCUT2D eigenvalue weighted by atomic mass is 10.1. The summed E-state index contributed by atoms with van der Waals surface area (Å²) in [7, 11) is 0. The molecule has 3 rings (SSSR count). The van der Waals surface area contributed by atoms with E-state index in [9.17, 15) is 14.7 Å². The van der Waals surface area contributed by atoms with Gasteiger partial charge in [0, 0.05) is 35.6 Å². The molecule has 1 amide bonds. The van der Waals surface area contributed by atoms with Crippen molar-refractivity contribution in [2.45, 2.75) is 25.4 Å². The normalized spacial score (nSPS) is 12.0. The molecule has 0 unspecified atom stereocenters. The van der Waals surface area contributed by atoms with Gasteiger partial charge in [-0.3, -0.25) is 4.79 Å². The number of nitrogens with one attached hydrogen (secondary N) is 1. The molecule has 0 saturated carbocycles. The summed E-state index contributed by atoms with van der Waals surface area (Å²) in [4.78, 5) is 23.7. The van der Waals surface area contributed by atoms with Crippen molar-refractivity contribution in [1.82, 2.24) is 9.88 Å². The Morgan fingerprint density at radius 1 is 1.12 bits per heavy atom. The quantitative estimate of drug-likeness (QED) is 0.620. The summed E-state index contributed by atoms with van der Waals surface area (Å²) >= 11 is 3.45. The minimum absolute atomic E-state index is 0.217. The molecule has 0 aliphatic carbocycles. The predicted octanol–water partition coefficient (Wildman–Crippen LogP) is 3.61. The van der Waals surface area contributed by atoms with Crippen molar-refractivity contribution in [3.8, 4) is 0 Å². The van der Waals surface area contributed by atoms with E-state index < -0.39 is 12.0 Å². The summed E-state index contributed by atoms with van der Waals surface area (Å²) in [5.74, 6) is -1.30. The summed E-state index contributed by atoms with van der Waals surface area (Å²) in [6, 6.07) is 16.3. The number of carbonyl (C=O) groups excluding carboxylic acids is 1. The van der Waals surface area contributed by atoms with Gasteiger partial charge in [0.05, 0.1) is 0 Å². The highest BCUT2D eigenvalue weighted by molar-refractivity contribution is 9.10. The van der Waals surface area contributed by atoms with Gasteiger partial charge >= 0.3 is 5.97 Å². The Labute approximate surface area is 159 Å². The van der Waals surface area contributed by atoms with E-state index in [1.807, 2.05) is 65.4 Å². The molecular weight excluding hydrogens is 396 g/mol. The second-order valence-corrected chi connectivity index (χ2v) is 7.03. The summed E-state index contributed by atoms with van der Waals surface area (Å²) in [5, 5.41) is 13.1. The van der Waals surface area contributed by atoms with E-state index in [1.165, 1.54) is 0 Å². The van der Waals surface area contributed by atoms with E-state index in [0.717, 1.165) is 20.9 Å². The van der Waals surface area contributed by atoms with E-state index in [1.54, 1.807) is 0 Å². The van der Waals surface area contributed by atoms with E-state index in [0.29, 0.717) is 6.54 Å². The van der Waals surface area contributed by atoms with Crippen LogP contribution < -0.4 is 5.32 Å². The molecule has 1 atom stereocenters. The molecule has 1 aromatic heterocycles. The van der Waals surface area contributed by atoms with Gasteiger partial charge in [-0.1, -0.05) is 52.3 Å². The second kappa shape index (κ2) is 8.19. The SMILES string of the molecule is O=C(CCn1ccc2ccc(Br)cc21)N[C@@H](Cc1ccccc1)C(=O)O. The van der Waals surface area contributed by atoms with Crippen molar-refractivity contribution in [1.29, 1.82) is 0 Å². The van der Waals surface area contributed by atoms with Gasteiger partial charge in [0.2, 0.25) is 5.91 Å². The number of rotatable bonds is 7. The number of benzene rings is 2. The Kier molecular flexibility index (Phi) is 5.73. The largest absolute Gasteiger partial charge is 0.480 e. The summed E-state index contributed by atoms with van der Waals surface area (Å²) in [6.45, 7) is 0.490. The zero-order valence-corrected chi connectivity index (χ0v) is 15.6. The molecular formula is C20H19BrN2O3. The molecule has 0 fully saturated rings. The Morgan fingerprint density at radius 3 is 2.62 bits per heavy atom. The molecule has 6 heteroatoms. The molecule has 134 valence electrons. The third-order valence-corrected chi connectivity index (χ3v) is 4.72. The number of amides is 1. The Hall–Kier alpha value is -2.60. The zero-order chi connectivity index (χ0) is 18.5. The van der Waals surface area contributed by atoms with Gasteiger partial charge in [-0.2, -0.15) is 0 Å². The first-order valence-electron chi connectivity index (χ1n) is 8.33. The molecule has 0 aliphatic heterocycles. The van der Waals surface area contributed by atoms with E-state index in [-0.39, 0.29) is 18.7 Å². The third kappa shape index (κ3) is 4.52. The van der Waals surface area contributed by atoms with Crippen LogP contribution in [0.2, 0.25) is 0 Å². The minimum Gasteiger partial charge on any atom is -0.480 e. The Bertz CT molecular complexity index is 921. The third-order valence-electron chi connectivity index (χ3n) is 4.23. The molecule has 2 aromatic carbocycles. The molecule has 0 spiro atoms. The maximum atomic E-state index is 12.2. The summed E-state index contributed by atoms with van der Waals surface area (Å²) in [6.07, 6.45) is 2.42. The lowest BCUT2D eigenvalue weighted by molar-refractivity contribution is -0.141. The maximum Gasteiger partial charge on any atom is 0.326 e. The van der Waals surface area contributed by atoms with Crippen LogP contribution in [-0.2, 0) is 22.6 Å². The van der Waals surface area contributed by atoms with Gasteiger partial charge in [0.1, 0.15) is 6.04 Å². The van der Waals surface area contributed by atoms with Gasteiger partial charge in [-0.25, -0.2) is 4.79 Å². The van der Waals surface area contributed by atoms with Gasteiger partial charge < -0.3 is 15.0 Å². The number of hydrogen-bond donors (Lipinski definition) is 2. The van der Waals surface area contributed by atoms with Crippen LogP contribution in [0.4, 0.5) is 0 Å². The van der Waals surface area contributed by atoms with Crippen LogP contribution in [-0.4, -0.2) is 27.6 Å². The van der Waals surface area contributed by atoms with Crippen molar-refractivity contribution in [3.05, 3.63) is 70.8 Å². The van der Waals surface area contributed by atoms with Gasteiger partial charge in [-0.15, -0.1) is 0 Å². The number of fused-ring (bicyclic) bond motifs is 1. The molecule has 1 heterocycles. The lowest BCUT2D eigenvalue weighted by Gasteiger charge is -2.15. The molecule has 0 bridgehead atoms. The average Bonchev–Trinajstić information content (AvgIpc) is 3.02. The summed E-state index contributed by atoms with van der Waals surface area (Å²) in [5.41, 5.74) is 1.91. The lowest BCUT2D eigenvalue weighted by Crippen LogP contribution is -2.42. The van der Waals surface area contributed by atoms with Crippen molar-refractivity contribution in [3.63, 3.8) is 0 Å². The second-order valence-electron chi connectivity index (χ2n) is 6.11. The van der Waals surface area contributed by atoms with E-state index in [2.05, 4.69) is 21.2 Å². The number of aryl methyl sites for hydroxylation is 1. The van der Waals surface area contributed by atoms with Crippen LogP contribution in [0.5, 0.6) is 0 Å². The highest BCUT2D eigenvalue weighted by Gasteiger charge is 2.20. The van der Waals surface area contributed by atoms with Crippen LogP contribution in [0.25, 0.3) is 10.9 Å². The smallest absolute Gasteiger partial charge is 0.326 e. The minimum atomic E-state index is -1.03. The topological polar surface area (TPSA) is 71.3 Å². The van der Waals surface area contributed by atoms with Crippen LogP contribution in [0.1, 0.15) is 12.0 Å². The highest BCUT2D eigenvalue weighted by atomic mass is 79.9. The molecule has 0 radical (unpaired) electrons. The number of halogens is 1. The number of carboxylic acids is 1. The zero-order valence-electron chi connectivity index (χ0n) is 14.1. The molecule has 5 nitrogen and oxygen atoms in total.